The second-order valence-corrected chi connectivity index (χ2v) is 21.5. The minimum atomic E-state index is -1.55. The van der Waals surface area contributed by atoms with Crippen molar-refractivity contribution in [2.24, 2.45) is 0 Å². The lowest BCUT2D eigenvalue weighted by molar-refractivity contribution is -0.302. The maximum absolute atomic E-state index is 13.1. The summed E-state index contributed by atoms with van der Waals surface area (Å²) in [4.78, 5) is 13.1. The number of carbonyl (C=O) groups is 1. The Bertz CT molecular complexity index is 1030. The van der Waals surface area contributed by atoms with Crippen LogP contribution in [0.4, 0.5) is 0 Å². The van der Waals surface area contributed by atoms with E-state index in [0.717, 1.165) is 38.5 Å². The smallest absolute Gasteiger partial charge is 0.220 e. The minimum Gasteiger partial charge on any atom is -0.394 e. The first-order chi connectivity index (χ1) is 33.3. The van der Waals surface area contributed by atoms with Crippen LogP contribution < -0.4 is 5.32 Å². The van der Waals surface area contributed by atoms with Gasteiger partial charge in [-0.15, -0.1) is 0 Å². The lowest BCUT2D eigenvalue weighted by Crippen LogP contribution is -2.60. The molecule has 9 nitrogen and oxygen atoms in total. The summed E-state index contributed by atoms with van der Waals surface area (Å²) in [7, 11) is 0. The largest absolute Gasteiger partial charge is 0.394 e. The van der Waals surface area contributed by atoms with Gasteiger partial charge in [0.15, 0.2) is 6.29 Å². The van der Waals surface area contributed by atoms with Crippen LogP contribution in [0.1, 0.15) is 316 Å². The van der Waals surface area contributed by atoms with Crippen molar-refractivity contribution in [3.8, 4) is 0 Å². The molecule has 0 aliphatic carbocycles. The summed E-state index contributed by atoms with van der Waals surface area (Å²) in [5.41, 5.74) is 0. The van der Waals surface area contributed by atoms with Crippen LogP contribution in [0.2, 0.25) is 0 Å². The Hall–Kier alpha value is -0.810. The first kappa shape index (κ1) is 65.2. The van der Waals surface area contributed by atoms with Crippen LogP contribution in [-0.2, 0) is 14.3 Å². The molecule has 0 saturated carbocycles. The zero-order chi connectivity index (χ0) is 49.4. The predicted octanol–water partition coefficient (Wildman–Crippen LogP) is 15.0. The second-order valence-electron chi connectivity index (χ2n) is 21.5. The highest BCUT2D eigenvalue weighted by atomic mass is 16.7. The van der Waals surface area contributed by atoms with E-state index in [0.29, 0.717) is 12.8 Å². The molecular formula is C59H117NO8. The fourth-order valence-electron chi connectivity index (χ4n) is 10.2. The van der Waals surface area contributed by atoms with Crippen LogP contribution in [0.15, 0.2) is 0 Å². The maximum atomic E-state index is 13.1. The van der Waals surface area contributed by atoms with E-state index < -0.39 is 49.5 Å². The molecule has 0 radical (unpaired) electrons. The van der Waals surface area contributed by atoms with Crippen LogP contribution in [0.5, 0.6) is 0 Å². The van der Waals surface area contributed by atoms with Gasteiger partial charge in [-0.1, -0.05) is 296 Å². The Balaban J connectivity index is 2.17. The summed E-state index contributed by atoms with van der Waals surface area (Å²) < 4.78 is 11.3. The van der Waals surface area contributed by atoms with Crippen LogP contribution in [0, 0.1) is 0 Å². The van der Waals surface area contributed by atoms with Crippen molar-refractivity contribution in [3.63, 3.8) is 0 Å². The van der Waals surface area contributed by atoms with Gasteiger partial charge >= 0.3 is 0 Å². The third-order valence-corrected chi connectivity index (χ3v) is 15.0. The SMILES string of the molecule is CCCCCCCCCCCCCCCCCCCCCCCCCC(=O)NC(COC1OC(CO)C(O)C(O)C1O)C(O)CCCCCCCCCCCCCCCCCCCCCCCC. The molecule has 0 spiro atoms. The van der Waals surface area contributed by atoms with Crippen molar-refractivity contribution in [3.05, 3.63) is 0 Å². The van der Waals surface area contributed by atoms with Crippen LogP contribution >= 0.6 is 0 Å². The van der Waals surface area contributed by atoms with E-state index in [4.69, 9.17) is 9.47 Å². The van der Waals surface area contributed by atoms with E-state index in [1.165, 1.54) is 250 Å². The Kier molecular flexibility index (Phi) is 47.7. The Labute approximate surface area is 421 Å². The summed E-state index contributed by atoms with van der Waals surface area (Å²) in [6.07, 6.45) is 52.8. The van der Waals surface area contributed by atoms with Crippen LogP contribution in [0.3, 0.4) is 0 Å². The van der Waals surface area contributed by atoms with Crippen molar-refractivity contribution in [2.45, 2.75) is 358 Å². The van der Waals surface area contributed by atoms with Crippen molar-refractivity contribution in [1.82, 2.24) is 5.32 Å². The number of carbonyl (C=O) groups excluding carboxylic acids is 1. The van der Waals surface area contributed by atoms with Gasteiger partial charge in [0.05, 0.1) is 25.4 Å². The standard InChI is InChI=1S/C59H117NO8/c1-3-5-7-9-11-13-15-17-19-21-23-25-27-29-31-33-35-37-39-41-43-45-47-49-55(63)60-52(51-67-59-58(66)57(65)56(64)54(50-61)68-59)53(62)48-46-44-42-40-38-36-34-32-30-28-26-24-22-20-18-16-14-12-10-8-6-4-2/h52-54,56-59,61-62,64-66H,3-51H2,1-2H3,(H,60,63). The average Bonchev–Trinajstić information content (AvgIpc) is 3.34. The van der Waals surface area contributed by atoms with Gasteiger partial charge in [0.1, 0.15) is 24.4 Å². The van der Waals surface area contributed by atoms with Gasteiger partial charge in [-0.2, -0.15) is 0 Å². The molecule has 1 saturated heterocycles. The molecule has 0 aromatic carbocycles. The molecule has 1 rings (SSSR count). The quantitative estimate of drug-likeness (QED) is 0.0330. The number of nitrogens with one attached hydrogen (secondary N) is 1. The van der Waals surface area contributed by atoms with Gasteiger partial charge in [0.2, 0.25) is 5.91 Å². The van der Waals surface area contributed by atoms with Gasteiger partial charge in [-0.05, 0) is 12.8 Å². The maximum Gasteiger partial charge on any atom is 0.220 e. The Morgan fingerprint density at radius 3 is 1.04 bits per heavy atom. The molecule has 0 aromatic heterocycles. The minimum absolute atomic E-state index is 0.131. The third-order valence-electron chi connectivity index (χ3n) is 15.0. The summed E-state index contributed by atoms with van der Waals surface area (Å²) in [6.45, 7) is 3.89. The van der Waals surface area contributed by atoms with E-state index in [9.17, 15) is 30.3 Å². The first-order valence-electron chi connectivity index (χ1n) is 30.2. The van der Waals surface area contributed by atoms with Gasteiger partial charge in [0, 0.05) is 6.42 Å². The van der Waals surface area contributed by atoms with Crippen molar-refractivity contribution in [2.75, 3.05) is 13.2 Å². The molecule has 1 amide bonds. The first-order valence-corrected chi connectivity index (χ1v) is 30.2. The number of unbranched alkanes of at least 4 members (excludes halogenated alkanes) is 43. The lowest BCUT2D eigenvalue weighted by Gasteiger charge is -2.40. The third kappa shape index (κ3) is 38.8. The number of rotatable bonds is 53. The van der Waals surface area contributed by atoms with E-state index >= 15 is 0 Å². The highest BCUT2D eigenvalue weighted by molar-refractivity contribution is 5.76. The molecule has 7 atom stereocenters. The summed E-state index contributed by atoms with van der Waals surface area (Å²) in [6, 6.07) is -0.714. The zero-order valence-corrected chi connectivity index (χ0v) is 45.2. The number of ether oxygens (including phenoxy) is 2. The van der Waals surface area contributed by atoms with Gasteiger partial charge in [-0.3, -0.25) is 4.79 Å². The molecule has 7 unspecified atom stereocenters. The summed E-state index contributed by atoms with van der Waals surface area (Å²) >= 11 is 0. The molecule has 1 aliphatic heterocycles. The van der Waals surface area contributed by atoms with E-state index in [-0.39, 0.29) is 12.5 Å². The van der Waals surface area contributed by atoms with Gasteiger partial charge < -0.3 is 40.3 Å². The van der Waals surface area contributed by atoms with Crippen molar-refractivity contribution in [1.29, 1.82) is 0 Å². The fourth-order valence-corrected chi connectivity index (χ4v) is 10.2. The molecule has 1 fully saturated rings. The average molecular weight is 969 g/mol. The van der Waals surface area contributed by atoms with Crippen molar-refractivity contribution >= 4 is 5.91 Å². The number of aliphatic hydroxyl groups excluding tert-OH is 5. The lowest BCUT2D eigenvalue weighted by atomic mass is 9.99. The van der Waals surface area contributed by atoms with E-state index in [2.05, 4.69) is 19.2 Å². The molecule has 68 heavy (non-hydrogen) atoms. The van der Waals surface area contributed by atoms with Crippen molar-refractivity contribution < 1.29 is 39.8 Å². The summed E-state index contributed by atoms with van der Waals surface area (Å²) in [5.74, 6) is -0.135. The molecule has 6 N–H and O–H groups in total. The molecule has 9 heteroatoms. The Morgan fingerprint density at radius 2 is 0.735 bits per heavy atom. The van der Waals surface area contributed by atoms with Crippen LogP contribution in [-0.4, -0.2) is 87.5 Å². The van der Waals surface area contributed by atoms with Crippen LogP contribution in [0.25, 0.3) is 0 Å². The van der Waals surface area contributed by atoms with Gasteiger partial charge in [-0.25, -0.2) is 0 Å². The normalized spacial score (nSPS) is 19.4. The second kappa shape index (κ2) is 49.8. The monoisotopic (exact) mass is 968 g/mol. The Morgan fingerprint density at radius 1 is 0.441 bits per heavy atom. The van der Waals surface area contributed by atoms with E-state index in [1.807, 2.05) is 0 Å². The molecule has 1 aliphatic rings. The van der Waals surface area contributed by atoms with E-state index in [1.54, 1.807) is 0 Å². The number of amides is 1. The zero-order valence-electron chi connectivity index (χ0n) is 45.2. The predicted molar refractivity (Wildman–Crippen MR) is 286 cm³/mol. The number of aliphatic hydroxyl groups is 5. The summed E-state index contributed by atoms with van der Waals surface area (Å²) in [5, 5.41) is 54.7. The van der Waals surface area contributed by atoms with Gasteiger partial charge in [0.25, 0.3) is 0 Å². The topological polar surface area (TPSA) is 149 Å². The molecule has 0 aromatic rings. The number of hydrogen-bond donors (Lipinski definition) is 6. The molecular weight excluding hydrogens is 851 g/mol. The number of hydrogen-bond acceptors (Lipinski definition) is 8. The fraction of sp³-hybridized carbons (Fsp3) is 0.983. The highest BCUT2D eigenvalue weighted by Crippen LogP contribution is 2.24. The molecule has 1 heterocycles. The molecule has 0 bridgehead atoms. The highest BCUT2D eigenvalue weighted by Gasteiger charge is 2.44. The molecule has 406 valence electrons.